The molecule has 0 saturated heterocycles. The molecule has 1 atom stereocenters. The summed E-state index contributed by atoms with van der Waals surface area (Å²) in [6.07, 6.45) is 0.480. The number of pyridine rings is 1. The van der Waals surface area contributed by atoms with Gasteiger partial charge in [-0.15, -0.1) is 0 Å². The molecule has 106 valence electrons. The monoisotopic (exact) mass is 267 g/mol. The zero-order valence-electron chi connectivity index (χ0n) is 12.1. The molecule has 1 rings (SSSR count). The third kappa shape index (κ3) is 3.89. The predicted octanol–water partition coefficient (Wildman–Crippen LogP) is 2.17. The van der Waals surface area contributed by atoms with E-state index in [-0.39, 0.29) is 17.1 Å². The van der Waals surface area contributed by atoms with Crippen molar-refractivity contribution in [1.82, 2.24) is 10.3 Å². The minimum absolute atomic E-state index is 0.0205. The second-order valence-electron chi connectivity index (χ2n) is 5.49. The molecule has 1 aromatic rings. The van der Waals surface area contributed by atoms with Crippen LogP contribution in [0.5, 0.6) is 5.88 Å². The fourth-order valence-corrected chi connectivity index (χ4v) is 1.94. The molecule has 19 heavy (non-hydrogen) atoms. The molecule has 0 aliphatic heterocycles. The number of rotatable bonds is 5. The third-order valence-corrected chi connectivity index (χ3v) is 3.12. The molecule has 0 spiro atoms. The summed E-state index contributed by atoms with van der Waals surface area (Å²) in [5, 5.41) is 14.2. The smallest absolute Gasteiger partial charge is 0.291 e. The van der Waals surface area contributed by atoms with E-state index < -0.39 is 4.92 Å². The van der Waals surface area contributed by atoms with E-state index in [2.05, 4.69) is 31.1 Å². The average molecular weight is 267 g/mol. The van der Waals surface area contributed by atoms with Crippen LogP contribution in [0.15, 0.2) is 12.1 Å². The van der Waals surface area contributed by atoms with Crippen molar-refractivity contribution in [3.8, 4) is 5.88 Å². The quantitative estimate of drug-likeness (QED) is 0.653. The van der Waals surface area contributed by atoms with E-state index in [9.17, 15) is 10.1 Å². The van der Waals surface area contributed by atoms with E-state index in [1.807, 2.05) is 7.05 Å². The number of nitro groups is 1. The van der Waals surface area contributed by atoms with E-state index in [1.54, 1.807) is 0 Å². The number of hydrogen-bond acceptors (Lipinski definition) is 5. The van der Waals surface area contributed by atoms with E-state index in [1.165, 1.54) is 19.2 Å². The summed E-state index contributed by atoms with van der Waals surface area (Å²) in [5.41, 5.74) is 0.455. The van der Waals surface area contributed by atoms with Crippen molar-refractivity contribution in [1.29, 1.82) is 0 Å². The second kappa shape index (κ2) is 5.97. The van der Waals surface area contributed by atoms with Gasteiger partial charge in [0.15, 0.2) is 0 Å². The molecule has 0 aromatic carbocycles. The zero-order valence-corrected chi connectivity index (χ0v) is 12.1. The highest BCUT2D eigenvalue weighted by atomic mass is 16.6. The Kier molecular flexibility index (Phi) is 4.83. The van der Waals surface area contributed by atoms with Gasteiger partial charge in [0.25, 0.3) is 5.69 Å². The first kappa shape index (κ1) is 15.4. The number of likely N-dealkylation sites (N-methyl/N-ethyl adjacent to an activating group) is 1. The molecule has 6 heteroatoms. The Morgan fingerprint density at radius 2 is 2.11 bits per heavy atom. The average Bonchev–Trinajstić information content (AvgIpc) is 2.33. The fourth-order valence-electron chi connectivity index (χ4n) is 1.94. The van der Waals surface area contributed by atoms with Crippen molar-refractivity contribution in [2.24, 2.45) is 5.41 Å². The van der Waals surface area contributed by atoms with E-state index in [0.29, 0.717) is 18.0 Å². The predicted molar refractivity (Wildman–Crippen MR) is 73.5 cm³/mol. The molecule has 0 bridgehead atoms. The van der Waals surface area contributed by atoms with Crippen LogP contribution in [-0.4, -0.2) is 30.1 Å². The highest BCUT2D eigenvalue weighted by molar-refractivity contribution is 5.38. The molecule has 1 unspecified atom stereocenters. The summed E-state index contributed by atoms with van der Waals surface area (Å²) in [5.74, 6) is 0.393. The minimum atomic E-state index is -0.406. The van der Waals surface area contributed by atoms with E-state index >= 15 is 0 Å². The van der Waals surface area contributed by atoms with Gasteiger partial charge in [-0.1, -0.05) is 20.8 Å². The van der Waals surface area contributed by atoms with Gasteiger partial charge in [-0.2, -0.15) is 0 Å². The molecular formula is C13H21N3O3. The minimum Gasteiger partial charge on any atom is -0.481 e. The lowest BCUT2D eigenvalue weighted by Crippen LogP contribution is -2.40. The van der Waals surface area contributed by atoms with Gasteiger partial charge < -0.3 is 10.1 Å². The molecule has 0 fully saturated rings. The van der Waals surface area contributed by atoms with Gasteiger partial charge in [-0.25, -0.2) is 4.98 Å². The Bertz CT molecular complexity index is 455. The summed E-state index contributed by atoms with van der Waals surface area (Å²) in [7, 11) is 3.35. The largest absolute Gasteiger partial charge is 0.481 e. The normalized spacial score (nSPS) is 13.1. The van der Waals surface area contributed by atoms with Gasteiger partial charge in [0.05, 0.1) is 12.0 Å². The van der Waals surface area contributed by atoms with Crippen LogP contribution in [0.3, 0.4) is 0 Å². The first-order valence-corrected chi connectivity index (χ1v) is 6.15. The van der Waals surface area contributed by atoms with Gasteiger partial charge >= 0.3 is 0 Å². The first-order valence-electron chi connectivity index (χ1n) is 6.15. The van der Waals surface area contributed by atoms with Gasteiger partial charge in [0.1, 0.15) is 5.69 Å². The molecule has 1 aromatic heterocycles. The Morgan fingerprint density at radius 3 is 2.53 bits per heavy atom. The van der Waals surface area contributed by atoms with Gasteiger partial charge in [-0.3, -0.25) is 10.1 Å². The number of nitrogens with one attached hydrogen (secondary N) is 1. The van der Waals surface area contributed by atoms with Crippen LogP contribution in [0.25, 0.3) is 0 Å². The molecule has 0 amide bonds. The van der Waals surface area contributed by atoms with Crippen molar-refractivity contribution < 1.29 is 9.66 Å². The van der Waals surface area contributed by atoms with Crippen LogP contribution in [0.1, 0.15) is 26.5 Å². The van der Waals surface area contributed by atoms with Crippen LogP contribution in [0.4, 0.5) is 5.69 Å². The van der Waals surface area contributed by atoms with Gasteiger partial charge in [0, 0.05) is 24.6 Å². The topological polar surface area (TPSA) is 77.3 Å². The maximum atomic E-state index is 11.0. The summed E-state index contributed by atoms with van der Waals surface area (Å²) in [6.45, 7) is 6.25. The zero-order chi connectivity index (χ0) is 14.6. The number of hydrogen-bond donors (Lipinski definition) is 1. The lowest BCUT2D eigenvalue weighted by atomic mass is 9.84. The first-order chi connectivity index (χ1) is 8.79. The maximum Gasteiger partial charge on any atom is 0.291 e. The lowest BCUT2D eigenvalue weighted by Gasteiger charge is -2.30. The molecule has 1 N–H and O–H groups in total. The molecular weight excluding hydrogens is 246 g/mol. The molecule has 0 radical (unpaired) electrons. The molecule has 6 nitrogen and oxygen atoms in total. The van der Waals surface area contributed by atoms with Crippen LogP contribution >= 0.6 is 0 Å². The van der Waals surface area contributed by atoms with E-state index in [0.717, 1.165) is 0 Å². The molecule has 0 aliphatic rings. The van der Waals surface area contributed by atoms with Crippen molar-refractivity contribution in [3.63, 3.8) is 0 Å². The van der Waals surface area contributed by atoms with Crippen molar-refractivity contribution >= 4 is 5.69 Å². The van der Waals surface area contributed by atoms with E-state index in [4.69, 9.17) is 4.74 Å². The summed E-state index contributed by atoms with van der Waals surface area (Å²) < 4.78 is 5.04. The lowest BCUT2D eigenvalue weighted by molar-refractivity contribution is -0.386. The number of aromatic nitrogens is 1. The Morgan fingerprint density at radius 1 is 1.47 bits per heavy atom. The third-order valence-electron chi connectivity index (χ3n) is 3.12. The highest BCUT2D eigenvalue weighted by Crippen LogP contribution is 2.27. The number of methoxy groups -OCH3 is 1. The summed E-state index contributed by atoms with van der Waals surface area (Å²) >= 11 is 0. The summed E-state index contributed by atoms with van der Waals surface area (Å²) in [4.78, 5) is 14.8. The molecule has 1 heterocycles. The SMILES string of the molecule is CNC(Cc1nc(OC)ccc1[N+](=O)[O-])C(C)(C)C. The number of ether oxygens (including phenoxy) is 1. The maximum absolute atomic E-state index is 11.0. The fraction of sp³-hybridized carbons (Fsp3) is 0.615. The van der Waals surface area contributed by atoms with Crippen molar-refractivity contribution in [2.45, 2.75) is 33.2 Å². The Labute approximate surface area is 113 Å². The molecule has 0 aliphatic carbocycles. The standard InChI is InChI=1S/C13H21N3O3/c1-13(2,3)11(14-4)8-9-10(16(17)18)6-7-12(15-9)19-5/h6-7,11,14H,8H2,1-5H3. The second-order valence-corrected chi connectivity index (χ2v) is 5.49. The van der Waals surface area contributed by atoms with Crippen LogP contribution < -0.4 is 10.1 Å². The Balaban J connectivity index is 3.13. The Hall–Kier alpha value is -1.69. The van der Waals surface area contributed by atoms with Crippen LogP contribution in [0, 0.1) is 15.5 Å². The van der Waals surface area contributed by atoms with Crippen molar-refractivity contribution in [2.75, 3.05) is 14.2 Å². The van der Waals surface area contributed by atoms with Gasteiger partial charge in [0.2, 0.25) is 5.88 Å². The van der Waals surface area contributed by atoms with Crippen LogP contribution in [-0.2, 0) is 6.42 Å². The molecule has 0 saturated carbocycles. The van der Waals surface area contributed by atoms with Gasteiger partial charge in [-0.05, 0) is 12.5 Å². The number of nitrogens with zero attached hydrogens (tertiary/aromatic N) is 2. The van der Waals surface area contributed by atoms with Crippen LogP contribution in [0.2, 0.25) is 0 Å². The highest BCUT2D eigenvalue weighted by Gasteiger charge is 2.27. The summed E-state index contributed by atoms with van der Waals surface area (Å²) in [6, 6.07) is 3.04. The van der Waals surface area contributed by atoms with Crippen molar-refractivity contribution in [3.05, 3.63) is 27.9 Å².